The fourth-order valence-corrected chi connectivity index (χ4v) is 4.25. The normalized spacial score (nSPS) is 21.6. The first-order chi connectivity index (χ1) is 9.83. The predicted octanol–water partition coefficient (Wildman–Crippen LogP) is 2.87. The highest BCUT2D eigenvalue weighted by molar-refractivity contribution is 7.17. The predicted molar refractivity (Wildman–Crippen MR) is 85.2 cm³/mol. The van der Waals surface area contributed by atoms with Crippen LogP contribution in [0.25, 0.3) is 10.1 Å². The standard InChI is InChI=1S/C16H22N2OS/c1-19-10-12-6-7-18(9-12)15(8-17)14-11-20-16-5-3-2-4-13(14)16/h2-5,11-12,15H,6-10,17H2,1H3. The summed E-state index contributed by atoms with van der Waals surface area (Å²) in [5, 5.41) is 3.65. The highest BCUT2D eigenvalue weighted by Crippen LogP contribution is 2.35. The van der Waals surface area contributed by atoms with E-state index in [2.05, 4.69) is 34.5 Å². The van der Waals surface area contributed by atoms with E-state index in [1.54, 1.807) is 7.11 Å². The third kappa shape index (κ3) is 2.61. The van der Waals surface area contributed by atoms with E-state index in [1.807, 2.05) is 11.3 Å². The second-order valence-electron chi connectivity index (χ2n) is 5.54. The molecule has 2 aromatic rings. The molecule has 2 atom stereocenters. The Bertz CT molecular complexity index is 568. The summed E-state index contributed by atoms with van der Waals surface area (Å²) < 4.78 is 6.65. The zero-order valence-corrected chi connectivity index (χ0v) is 12.7. The van der Waals surface area contributed by atoms with E-state index < -0.39 is 0 Å². The number of hydrogen-bond acceptors (Lipinski definition) is 4. The summed E-state index contributed by atoms with van der Waals surface area (Å²) in [5.74, 6) is 0.652. The minimum Gasteiger partial charge on any atom is -0.384 e. The Morgan fingerprint density at radius 2 is 2.30 bits per heavy atom. The van der Waals surface area contributed by atoms with Gasteiger partial charge in [-0.3, -0.25) is 4.90 Å². The summed E-state index contributed by atoms with van der Waals surface area (Å²) in [6, 6.07) is 8.96. The highest BCUT2D eigenvalue weighted by Gasteiger charge is 2.29. The molecule has 108 valence electrons. The first-order valence-electron chi connectivity index (χ1n) is 7.22. The first-order valence-corrected chi connectivity index (χ1v) is 8.10. The zero-order chi connectivity index (χ0) is 13.9. The topological polar surface area (TPSA) is 38.5 Å². The molecule has 20 heavy (non-hydrogen) atoms. The van der Waals surface area contributed by atoms with Gasteiger partial charge in [-0.05, 0) is 41.3 Å². The molecule has 1 aliphatic rings. The lowest BCUT2D eigenvalue weighted by molar-refractivity contribution is 0.147. The second-order valence-corrected chi connectivity index (χ2v) is 6.45. The van der Waals surface area contributed by atoms with E-state index in [0.717, 1.165) is 19.7 Å². The monoisotopic (exact) mass is 290 g/mol. The number of methoxy groups -OCH3 is 1. The third-order valence-electron chi connectivity index (χ3n) is 4.25. The van der Waals surface area contributed by atoms with Gasteiger partial charge >= 0.3 is 0 Å². The summed E-state index contributed by atoms with van der Waals surface area (Å²) in [4.78, 5) is 2.53. The molecule has 2 N–H and O–H groups in total. The molecule has 1 aromatic carbocycles. The van der Waals surface area contributed by atoms with Gasteiger partial charge in [-0.1, -0.05) is 18.2 Å². The summed E-state index contributed by atoms with van der Waals surface area (Å²) in [6.07, 6.45) is 1.21. The van der Waals surface area contributed by atoms with Crippen LogP contribution in [0.4, 0.5) is 0 Å². The summed E-state index contributed by atoms with van der Waals surface area (Å²) in [5.41, 5.74) is 7.48. The molecule has 4 heteroatoms. The van der Waals surface area contributed by atoms with Gasteiger partial charge in [0, 0.05) is 30.9 Å². The van der Waals surface area contributed by atoms with Gasteiger partial charge < -0.3 is 10.5 Å². The molecule has 0 amide bonds. The summed E-state index contributed by atoms with van der Waals surface area (Å²) in [7, 11) is 1.79. The smallest absolute Gasteiger partial charge is 0.0503 e. The Hall–Kier alpha value is -0.940. The summed E-state index contributed by atoms with van der Waals surface area (Å²) in [6.45, 7) is 3.76. The van der Waals surface area contributed by atoms with Crippen molar-refractivity contribution in [3.63, 3.8) is 0 Å². The number of benzene rings is 1. The average Bonchev–Trinajstić information content (AvgIpc) is 3.09. The van der Waals surface area contributed by atoms with Crippen molar-refractivity contribution >= 4 is 21.4 Å². The van der Waals surface area contributed by atoms with Gasteiger partial charge in [-0.2, -0.15) is 0 Å². The SMILES string of the molecule is COCC1CCN(C(CN)c2csc3ccccc23)C1. The Kier molecular flexibility index (Phi) is 4.36. The van der Waals surface area contributed by atoms with E-state index >= 15 is 0 Å². The van der Waals surface area contributed by atoms with Crippen LogP contribution in [0.2, 0.25) is 0 Å². The van der Waals surface area contributed by atoms with Gasteiger partial charge in [0.2, 0.25) is 0 Å². The fraction of sp³-hybridized carbons (Fsp3) is 0.500. The highest BCUT2D eigenvalue weighted by atomic mass is 32.1. The number of ether oxygens (including phenoxy) is 1. The van der Waals surface area contributed by atoms with Crippen LogP contribution < -0.4 is 5.73 Å². The Labute approximate surface area is 124 Å². The van der Waals surface area contributed by atoms with Crippen molar-refractivity contribution in [3.8, 4) is 0 Å². The Balaban J connectivity index is 1.83. The van der Waals surface area contributed by atoms with Crippen LogP contribution in [0.15, 0.2) is 29.6 Å². The fourth-order valence-electron chi connectivity index (χ4n) is 3.25. The van der Waals surface area contributed by atoms with Gasteiger partial charge in [-0.25, -0.2) is 0 Å². The van der Waals surface area contributed by atoms with Gasteiger partial charge in [0.1, 0.15) is 0 Å². The van der Waals surface area contributed by atoms with Crippen molar-refractivity contribution < 1.29 is 4.74 Å². The number of thiophene rings is 1. The van der Waals surface area contributed by atoms with Crippen molar-refractivity contribution in [1.82, 2.24) is 4.90 Å². The van der Waals surface area contributed by atoms with E-state index in [-0.39, 0.29) is 0 Å². The van der Waals surface area contributed by atoms with Crippen molar-refractivity contribution in [2.45, 2.75) is 12.5 Å². The molecule has 1 saturated heterocycles. The molecule has 1 fully saturated rings. The molecule has 0 saturated carbocycles. The quantitative estimate of drug-likeness (QED) is 0.920. The van der Waals surface area contributed by atoms with Crippen LogP contribution >= 0.6 is 11.3 Å². The van der Waals surface area contributed by atoms with Crippen LogP contribution in [-0.4, -0.2) is 38.3 Å². The van der Waals surface area contributed by atoms with Crippen molar-refractivity contribution in [3.05, 3.63) is 35.2 Å². The molecule has 0 aliphatic carbocycles. The molecule has 1 aromatic heterocycles. The maximum Gasteiger partial charge on any atom is 0.0503 e. The Morgan fingerprint density at radius 3 is 3.10 bits per heavy atom. The summed E-state index contributed by atoms with van der Waals surface area (Å²) >= 11 is 1.82. The van der Waals surface area contributed by atoms with E-state index in [9.17, 15) is 0 Å². The maximum atomic E-state index is 6.09. The van der Waals surface area contributed by atoms with Gasteiger partial charge in [-0.15, -0.1) is 11.3 Å². The van der Waals surface area contributed by atoms with E-state index in [1.165, 1.54) is 22.1 Å². The van der Waals surface area contributed by atoms with Crippen LogP contribution in [0, 0.1) is 5.92 Å². The molecule has 0 radical (unpaired) electrons. The van der Waals surface area contributed by atoms with Crippen molar-refractivity contribution in [2.24, 2.45) is 11.7 Å². The third-order valence-corrected chi connectivity index (χ3v) is 5.24. The number of fused-ring (bicyclic) bond motifs is 1. The van der Waals surface area contributed by atoms with Crippen LogP contribution in [0.5, 0.6) is 0 Å². The van der Waals surface area contributed by atoms with Gasteiger partial charge in [0.05, 0.1) is 6.61 Å². The Morgan fingerprint density at radius 1 is 1.45 bits per heavy atom. The minimum atomic E-state index is 0.341. The largest absolute Gasteiger partial charge is 0.384 e. The molecule has 1 aliphatic heterocycles. The molecular formula is C16H22N2OS. The van der Waals surface area contributed by atoms with E-state index in [4.69, 9.17) is 10.5 Å². The van der Waals surface area contributed by atoms with Crippen LogP contribution in [0.1, 0.15) is 18.0 Å². The van der Waals surface area contributed by atoms with Crippen LogP contribution in [-0.2, 0) is 4.74 Å². The van der Waals surface area contributed by atoms with Crippen LogP contribution in [0.3, 0.4) is 0 Å². The van der Waals surface area contributed by atoms with Crippen molar-refractivity contribution in [1.29, 1.82) is 0 Å². The minimum absolute atomic E-state index is 0.341. The number of rotatable bonds is 5. The molecular weight excluding hydrogens is 268 g/mol. The van der Waals surface area contributed by atoms with Gasteiger partial charge in [0.25, 0.3) is 0 Å². The molecule has 3 rings (SSSR count). The number of nitrogens with two attached hydrogens (primary N) is 1. The number of likely N-dealkylation sites (tertiary alicyclic amines) is 1. The average molecular weight is 290 g/mol. The zero-order valence-electron chi connectivity index (χ0n) is 11.9. The molecule has 3 nitrogen and oxygen atoms in total. The number of hydrogen-bond donors (Lipinski definition) is 1. The van der Waals surface area contributed by atoms with Gasteiger partial charge in [0.15, 0.2) is 0 Å². The molecule has 0 spiro atoms. The second kappa shape index (κ2) is 6.22. The lowest BCUT2D eigenvalue weighted by Crippen LogP contribution is -2.32. The maximum absolute atomic E-state index is 6.09. The lowest BCUT2D eigenvalue weighted by atomic mass is 10.0. The number of nitrogens with zero attached hydrogens (tertiary/aromatic N) is 1. The molecule has 0 bridgehead atoms. The van der Waals surface area contributed by atoms with E-state index in [0.29, 0.717) is 18.5 Å². The molecule has 2 heterocycles. The first kappa shape index (κ1) is 14.0. The molecule has 2 unspecified atom stereocenters. The lowest BCUT2D eigenvalue weighted by Gasteiger charge is -2.26. The van der Waals surface area contributed by atoms with Crippen molar-refractivity contribution in [2.75, 3.05) is 33.4 Å².